The van der Waals surface area contributed by atoms with E-state index in [4.69, 9.17) is 0 Å². The monoisotopic (exact) mass is 193 g/mol. The summed E-state index contributed by atoms with van der Waals surface area (Å²) in [5, 5.41) is 2.96. The molecule has 0 spiro atoms. The van der Waals surface area contributed by atoms with Crippen LogP contribution in [0.15, 0.2) is 17.3 Å². The van der Waals surface area contributed by atoms with Gasteiger partial charge in [-0.15, -0.1) is 0 Å². The van der Waals surface area contributed by atoms with Crippen LogP contribution in [0.1, 0.15) is 0 Å². The molecule has 12 heavy (non-hydrogen) atoms. The second-order valence-electron chi connectivity index (χ2n) is 4.54. The number of hydrogen-bond donors (Lipinski definition) is 0. The van der Waals surface area contributed by atoms with Crippen LogP contribution < -0.4 is 0 Å². The van der Waals surface area contributed by atoms with Crippen LogP contribution in [0.4, 0.5) is 0 Å². The molecule has 0 bridgehead atoms. The lowest BCUT2D eigenvalue weighted by Crippen LogP contribution is -2.22. The van der Waals surface area contributed by atoms with Crippen molar-refractivity contribution in [3.05, 3.63) is 23.4 Å². The van der Waals surface area contributed by atoms with E-state index in [1.54, 1.807) is 0 Å². The quantitative estimate of drug-likeness (QED) is 0.562. The minimum absolute atomic E-state index is 0.284. The average Bonchev–Trinajstić information content (AvgIpc) is 2.30. The summed E-state index contributed by atoms with van der Waals surface area (Å²) in [6.07, 6.45) is 8.10. The molecule has 0 aromatic heterocycles. The third-order valence-electron chi connectivity index (χ3n) is 2.03. The fraction of sp³-hybridized carbons (Fsp3) is 0.500. The van der Waals surface area contributed by atoms with Crippen LogP contribution in [0.3, 0.4) is 0 Å². The summed E-state index contributed by atoms with van der Waals surface area (Å²) in [4.78, 5) is 0. The van der Waals surface area contributed by atoms with E-state index in [0.717, 1.165) is 0 Å². The van der Waals surface area contributed by atoms with Crippen LogP contribution >= 0.6 is 0 Å². The van der Waals surface area contributed by atoms with Gasteiger partial charge < -0.3 is 0 Å². The molecule has 0 amide bonds. The third-order valence-corrected chi connectivity index (χ3v) is 5.31. The molecule has 2 heteroatoms. The standard InChI is InChI=1S/C10H17Si2/c1-11(2)9-6-7-10(8-9)12(3,4)5/h6-7H,1-5H3. The minimum atomic E-state index is -1.10. The van der Waals surface area contributed by atoms with Gasteiger partial charge in [0.1, 0.15) is 0 Å². The van der Waals surface area contributed by atoms with Gasteiger partial charge in [0.25, 0.3) is 0 Å². The maximum atomic E-state index is 3.56. The SMILES string of the molecule is C[Si](C)=C1[C]=C([Si](C)(C)C)C=C1. The van der Waals surface area contributed by atoms with Crippen molar-refractivity contribution in [1.82, 2.24) is 0 Å². The maximum absolute atomic E-state index is 3.56. The Morgan fingerprint density at radius 1 is 1.17 bits per heavy atom. The highest BCUT2D eigenvalue weighted by atomic mass is 28.3. The zero-order valence-electron chi connectivity index (χ0n) is 8.65. The molecule has 0 saturated carbocycles. The predicted molar refractivity (Wildman–Crippen MR) is 61.7 cm³/mol. The Balaban J connectivity index is 2.97. The number of hydrogen-bond acceptors (Lipinski definition) is 0. The van der Waals surface area contributed by atoms with E-state index >= 15 is 0 Å². The molecule has 0 saturated heterocycles. The van der Waals surface area contributed by atoms with E-state index in [9.17, 15) is 0 Å². The van der Waals surface area contributed by atoms with Gasteiger partial charge in [-0.1, -0.05) is 50.1 Å². The smallest absolute Gasteiger partial charge is 0.0656 e. The molecule has 1 aliphatic rings. The molecule has 65 valence electrons. The highest BCUT2D eigenvalue weighted by Gasteiger charge is 2.20. The van der Waals surface area contributed by atoms with E-state index in [1.165, 1.54) is 10.4 Å². The lowest BCUT2D eigenvalue weighted by Gasteiger charge is -2.14. The average molecular weight is 193 g/mol. The molecule has 1 radical (unpaired) electrons. The number of rotatable bonds is 1. The van der Waals surface area contributed by atoms with Crippen molar-refractivity contribution in [2.45, 2.75) is 32.7 Å². The van der Waals surface area contributed by atoms with E-state index in [1.807, 2.05) is 0 Å². The van der Waals surface area contributed by atoms with Gasteiger partial charge in [0.15, 0.2) is 0 Å². The molecule has 0 atom stereocenters. The fourth-order valence-electron chi connectivity index (χ4n) is 1.12. The second kappa shape index (κ2) is 3.26. The highest BCUT2D eigenvalue weighted by Crippen LogP contribution is 2.19. The molecule has 0 aromatic rings. The summed E-state index contributed by atoms with van der Waals surface area (Å²) in [6.45, 7) is 11.8. The third kappa shape index (κ3) is 2.14. The Kier molecular flexibility index (Phi) is 2.68. The van der Waals surface area contributed by atoms with Gasteiger partial charge in [0, 0.05) is 8.41 Å². The first-order valence-electron chi connectivity index (χ1n) is 4.41. The van der Waals surface area contributed by atoms with E-state index < -0.39 is 8.07 Å². The summed E-state index contributed by atoms with van der Waals surface area (Å²) in [5.41, 5.74) is 0. The van der Waals surface area contributed by atoms with Crippen LogP contribution in [0.5, 0.6) is 0 Å². The van der Waals surface area contributed by atoms with Crippen molar-refractivity contribution in [1.29, 1.82) is 0 Å². The summed E-state index contributed by atoms with van der Waals surface area (Å²) < 4.78 is 0. The van der Waals surface area contributed by atoms with E-state index in [2.05, 4.69) is 51.0 Å². The second-order valence-corrected chi connectivity index (χ2v) is 12.1. The lowest BCUT2D eigenvalue weighted by atomic mass is 10.5. The number of allylic oxidation sites excluding steroid dienone is 4. The molecular weight excluding hydrogens is 176 g/mol. The molecular formula is C10H17Si2. The molecule has 0 heterocycles. The Morgan fingerprint density at radius 2 is 1.75 bits per heavy atom. The predicted octanol–water partition coefficient (Wildman–Crippen LogP) is 2.67. The van der Waals surface area contributed by atoms with Gasteiger partial charge in [0.2, 0.25) is 0 Å². The summed E-state index contributed by atoms with van der Waals surface area (Å²) in [7, 11) is -1.38. The van der Waals surface area contributed by atoms with Crippen LogP contribution in [0, 0.1) is 6.08 Å². The Bertz CT molecular complexity index is 271. The minimum Gasteiger partial charge on any atom is -0.0656 e. The first kappa shape index (κ1) is 9.87. The zero-order valence-corrected chi connectivity index (χ0v) is 10.7. The first-order valence-corrected chi connectivity index (χ1v) is 10.4. The molecule has 0 unspecified atom stereocenters. The largest absolute Gasteiger partial charge is 0.0784 e. The maximum Gasteiger partial charge on any atom is 0.0784 e. The van der Waals surface area contributed by atoms with Gasteiger partial charge in [-0.05, 0) is 11.2 Å². The molecule has 0 aromatic carbocycles. The van der Waals surface area contributed by atoms with Crippen molar-refractivity contribution in [3.8, 4) is 0 Å². The normalized spacial score (nSPS) is 16.8. The van der Waals surface area contributed by atoms with Crippen LogP contribution in [0.25, 0.3) is 0 Å². The molecule has 0 aliphatic heterocycles. The summed E-state index contributed by atoms with van der Waals surface area (Å²) >= 11 is 0. The van der Waals surface area contributed by atoms with Crippen LogP contribution in [-0.2, 0) is 0 Å². The van der Waals surface area contributed by atoms with Gasteiger partial charge >= 0.3 is 0 Å². The highest BCUT2D eigenvalue weighted by molar-refractivity contribution is 6.85. The van der Waals surface area contributed by atoms with Crippen molar-refractivity contribution >= 4 is 21.7 Å². The molecule has 0 N–H and O–H groups in total. The lowest BCUT2D eigenvalue weighted by molar-refractivity contribution is 1.67. The fourth-order valence-corrected chi connectivity index (χ4v) is 3.14. The van der Waals surface area contributed by atoms with Crippen molar-refractivity contribution < 1.29 is 0 Å². The van der Waals surface area contributed by atoms with E-state index in [-0.39, 0.29) is 8.41 Å². The van der Waals surface area contributed by atoms with Crippen LogP contribution in [0.2, 0.25) is 32.7 Å². The molecule has 0 nitrogen and oxygen atoms in total. The van der Waals surface area contributed by atoms with Gasteiger partial charge in [0.05, 0.1) is 8.07 Å². The molecule has 1 aliphatic carbocycles. The zero-order chi connectivity index (χ0) is 9.35. The van der Waals surface area contributed by atoms with Gasteiger partial charge in [-0.3, -0.25) is 0 Å². The first-order chi connectivity index (χ1) is 5.41. The molecule has 0 fully saturated rings. The summed E-state index contributed by atoms with van der Waals surface area (Å²) in [6, 6.07) is 0. The van der Waals surface area contributed by atoms with Gasteiger partial charge in [-0.25, -0.2) is 0 Å². The van der Waals surface area contributed by atoms with Crippen molar-refractivity contribution in [2.24, 2.45) is 0 Å². The molecule has 1 rings (SSSR count). The Labute approximate surface area is 78.2 Å². The summed E-state index contributed by atoms with van der Waals surface area (Å²) in [5.74, 6) is 0. The van der Waals surface area contributed by atoms with Gasteiger partial charge in [-0.2, -0.15) is 0 Å². The van der Waals surface area contributed by atoms with E-state index in [0.29, 0.717) is 0 Å². The Morgan fingerprint density at radius 3 is 2.00 bits per heavy atom. The van der Waals surface area contributed by atoms with Crippen molar-refractivity contribution in [2.75, 3.05) is 0 Å². The van der Waals surface area contributed by atoms with Crippen LogP contribution in [-0.4, -0.2) is 21.7 Å². The Hall–Kier alpha value is -0.216. The van der Waals surface area contributed by atoms with Crippen molar-refractivity contribution in [3.63, 3.8) is 0 Å². The topological polar surface area (TPSA) is 0 Å².